The number of anilines is 1. The lowest BCUT2D eigenvalue weighted by atomic mass is 10.1. The maximum atomic E-state index is 14.4. The van der Waals surface area contributed by atoms with Gasteiger partial charge in [-0.05, 0) is 37.2 Å². The minimum atomic E-state index is -0.728. The Bertz CT molecular complexity index is 1460. The zero-order valence-corrected chi connectivity index (χ0v) is 19.1. The number of imidazole rings is 1. The summed E-state index contributed by atoms with van der Waals surface area (Å²) < 4.78 is 36.8. The monoisotopic (exact) mass is 478 g/mol. The Morgan fingerprint density at radius 3 is 2.71 bits per heavy atom. The third-order valence-electron chi connectivity index (χ3n) is 6.00. The number of nitrogens with zero attached hydrogens (tertiary/aromatic N) is 4. The van der Waals surface area contributed by atoms with Crippen molar-refractivity contribution in [2.75, 3.05) is 32.1 Å². The first-order valence-corrected chi connectivity index (χ1v) is 11.2. The first-order chi connectivity index (χ1) is 17.0. The van der Waals surface area contributed by atoms with Crippen LogP contribution in [0.2, 0.25) is 0 Å². The Morgan fingerprint density at radius 1 is 1.17 bits per heavy atom. The van der Waals surface area contributed by atoms with Crippen LogP contribution < -0.4 is 21.1 Å². The number of fused-ring (bicyclic) bond motifs is 1. The standard InChI is InChI=1S/C25H24F2N6O2/c1-35-18-5-2-4-17(12-18)33-23-22(14-30-24(31-23)29-13-16-8-10-28-11-9-16)32(25(33)34)15-19-20(26)6-3-7-21(19)27/h2-8,12,14,28H,9-11,13,15H2,1H3,(H,29,30,31). The molecule has 0 unspecified atom stereocenters. The van der Waals surface area contributed by atoms with Crippen molar-refractivity contribution < 1.29 is 13.5 Å². The van der Waals surface area contributed by atoms with E-state index in [0.717, 1.165) is 19.5 Å². The lowest BCUT2D eigenvalue weighted by Gasteiger charge is -2.14. The van der Waals surface area contributed by atoms with Gasteiger partial charge >= 0.3 is 5.69 Å². The van der Waals surface area contributed by atoms with Crippen LogP contribution in [0, 0.1) is 11.6 Å². The van der Waals surface area contributed by atoms with Crippen molar-refractivity contribution in [3.63, 3.8) is 0 Å². The fourth-order valence-electron chi connectivity index (χ4n) is 4.12. The van der Waals surface area contributed by atoms with Gasteiger partial charge < -0.3 is 15.4 Å². The van der Waals surface area contributed by atoms with Gasteiger partial charge in [-0.1, -0.05) is 23.8 Å². The van der Waals surface area contributed by atoms with Crippen molar-refractivity contribution in [3.05, 3.63) is 88.0 Å². The molecule has 0 aliphatic carbocycles. The van der Waals surface area contributed by atoms with Gasteiger partial charge in [0.25, 0.3) is 0 Å². The van der Waals surface area contributed by atoms with Crippen molar-refractivity contribution in [2.45, 2.75) is 13.0 Å². The fourth-order valence-corrected chi connectivity index (χ4v) is 4.12. The van der Waals surface area contributed by atoms with E-state index in [9.17, 15) is 13.6 Å². The quantitative estimate of drug-likeness (QED) is 0.397. The minimum Gasteiger partial charge on any atom is -0.497 e. The summed E-state index contributed by atoms with van der Waals surface area (Å²) in [7, 11) is 1.53. The van der Waals surface area contributed by atoms with Crippen LogP contribution in [-0.2, 0) is 6.54 Å². The molecule has 0 bridgehead atoms. The maximum absolute atomic E-state index is 14.4. The lowest BCUT2D eigenvalue weighted by Crippen LogP contribution is -2.24. The maximum Gasteiger partial charge on any atom is 0.335 e. The van der Waals surface area contributed by atoms with Crippen LogP contribution in [0.5, 0.6) is 5.75 Å². The molecule has 0 atom stereocenters. The van der Waals surface area contributed by atoms with Crippen LogP contribution in [0.4, 0.5) is 14.7 Å². The molecule has 35 heavy (non-hydrogen) atoms. The Hall–Kier alpha value is -4.05. The SMILES string of the molecule is COc1cccc(-n2c(=O)n(Cc3c(F)cccc3F)c3cnc(NCC4=CCNCC4)nc32)c1. The van der Waals surface area contributed by atoms with Gasteiger partial charge in [0.2, 0.25) is 5.95 Å². The van der Waals surface area contributed by atoms with E-state index in [0.29, 0.717) is 35.1 Å². The molecule has 180 valence electrons. The molecule has 0 saturated heterocycles. The summed E-state index contributed by atoms with van der Waals surface area (Å²) in [5.41, 5.74) is 1.72. The van der Waals surface area contributed by atoms with E-state index < -0.39 is 17.3 Å². The van der Waals surface area contributed by atoms with Crippen LogP contribution in [0.3, 0.4) is 0 Å². The smallest absolute Gasteiger partial charge is 0.335 e. The van der Waals surface area contributed by atoms with E-state index in [1.54, 1.807) is 24.3 Å². The molecule has 0 saturated carbocycles. The van der Waals surface area contributed by atoms with Crippen molar-refractivity contribution in [1.82, 2.24) is 24.4 Å². The molecule has 4 aromatic rings. The molecule has 2 aromatic carbocycles. The van der Waals surface area contributed by atoms with Gasteiger partial charge in [0.1, 0.15) is 22.9 Å². The molecule has 2 N–H and O–H groups in total. The predicted octanol–water partition coefficient (Wildman–Crippen LogP) is 3.25. The highest BCUT2D eigenvalue weighted by atomic mass is 19.1. The largest absolute Gasteiger partial charge is 0.497 e. The number of aromatic nitrogens is 4. The van der Waals surface area contributed by atoms with Crippen molar-refractivity contribution in [3.8, 4) is 11.4 Å². The molecule has 5 rings (SSSR count). The number of halogens is 2. The van der Waals surface area contributed by atoms with Crippen molar-refractivity contribution in [2.24, 2.45) is 0 Å². The second-order valence-electron chi connectivity index (χ2n) is 8.18. The zero-order chi connectivity index (χ0) is 24.4. The Morgan fingerprint density at radius 2 is 1.97 bits per heavy atom. The Kier molecular flexibility index (Phi) is 6.28. The molecule has 0 spiro atoms. The number of nitrogens with one attached hydrogen (secondary N) is 2. The van der Waals surface area contributed by atoms with E-state index in [1.165, 1.54) is 46.2 Å². The summed E-state index contributed by atoms with van der Waals surface area (Å²) in [5.74, 6) is -0.550. The molecule has 0 amide bonds. The van der Waals surface area contributed by atoms with E-state index in [4.69, 9.17) is 4.74 Å². The van der Waals surface area contributed by atoms with Crippen LogP contribution in [-0.4, -0.2) is 45.8 Å². The molecule has 2 aromatic heterocycles. The van der Waals surface area contributed by atoms with Gasteiger partial charge in [0.05, 0.1) is 25.5 Å². The average Bonchev–Trinajstić information content (AvgIpc) is 3.16. The molecular weight excluding hydrogens is 454 g/mol. The normalized spacial score (nSPS) is 13.6. The van der Waals surface area contributed by atoms with Gasteiger partial charge in [-0.15, -0.1) is 0 Å². The number of benzene rings is 2. The summed E-state index contributed by atoms with van der Waals surface area (Å²) in [4.78, 5) is 22.5. The van der Waals surface area contributed by atoms with Gasteiger partial charge in [-0.2, -0.15) is 4.98 Å². The number of methoxy groups -OCH3 is 1. The van der Waals surface area contributed by atoms with Crippen LogP contribution in [0.15, 0.2) is 65.1 Å². The highest BCUT2D eigenvalue weighted by molar-refractivity contribution is 5.74. The fraction of sp³-hybridized carbons (Fsp3) is 0.240. The van der Waals surface area contributed by atoms with Gasteiger partial charge in [0, 0.05) is 24.7 Å². The first-order valence-electron chi connectivity index (χ1n) is 11.2. The van der Waals surface area contributed by atoms with Crippen molar-refractivity contribution >= 4 is 17.1 Å². The Labute approximate surface area is 199 Å². The van der Waals surface area contributed by atoms with E-state index in [1.807, 2.05) is 0 Å². The third kappa shape index (κ3) is 4.52. The molecule has 1 aliphatic rings. The summed E-state index contributed by atoms with van der Waals surface area (Å²) in [6, 6.07) is 10.6. The van der Waals surface area contributed by atoms with E-state index >= 15 is 0 Å². The third-order valence-corrected chi connectivity index (χ3v) is 6.00. The second kappa shape index (κ2) is 9.67. The second-order valence-corrected chi connectivity index (χ2v) is 8.18. The number of rotatable bonds is 7. The predicted molar refractivity (Wildman–Crippen MR) is 129 cm³/mol. The molecular formula is C25H24F2N6O2. The van der Waals surface area contributed by atoms with Crippen LogP contribution in [0.25, 0.3) is 16.9 Å². The number of hydrogen-bond donors (Lipinski definition) is 2. The summed E-state index contributed by atoms with van der Waals surface area (Å²) in [6.45, 7) is 2.01. The summed E-state index contributed by atoms with van der Waals surface area (Å²) in [5, 5.41) is 6.49. The molecule has 1 aliphatic heterocycles. The Balaban J connectivity index is 1.62. The molecule has 0 fully saturated rings. The van der Waals surface area contributed by atoms with Crippen LogP contribution in [0.1, 0.15) is 12.0 Å². The molecule has 3 heterocycles. The number of ether oxygens (including phenoxy) is 1. The van der Waals surface area contributed by atoms with Gasteiger partial charge in [-0.25, -0.2) is 23.1 Å². The molecule has 8 nitrogen and oxygen atoms in total. The van der Waals surface area contributed by atoms with Crippen LogP contribution >= 0.6 is 0 Å². The zero-order valence-electron chi connectivity index (χ0n) is 19.1. The first kappa shape index (κ1) is 22.7. The molecule has 0 radical (unpaired) electrons. The minimum absolute atomic E-state index is 0.209. The van der Waals surface area contributed by atoms with Crippen molar-refractivity contribution in [1.29, 1.82) is 0 Å². The topological polar surface area (TPSA) is 86.0 Å². The highest BCUT2D eigenvalue weighted by Crippen LogP contribution is 2.22. The lowest BCUT2D eigenvalue weighted by molar-refractivity contribution is 0.414. The number of hydrogen-bond acceptors (Lipinski definition) is 6. The van der Waals surface area contributed by atoms with E-state index in [-0.39, 0.29) is 12.1 Å². The van der Waals surface area contributed by atoms with Gasteiger partial charge in [-0.3, -0.25) is 4.57 Å². The summed E-state index contributed by atoms with van der Waals surface area (Å²) in [6.07, 6.45) is 4.55. The van der Waals surface area contributed by atoms with E-state index in [2.05, 4.69) is 26.7 Å². The van der Waals surface area contributed by atoms with Gasteiger partial charge in [0.15, 0.2) is 5.65 Å². The summed E-state index contributed by atoms with van der Waals surface area (Å²) >= 11 is 0. The average molecular weight is 479 g/mol. The molecule has 10 heteroatoms. The highest BCUT2D eigenvalue weighted by Gasteiger charge is 2.20.